The van der Waals surface area contributed by atoms with E-state index in [1.54, 1.807) is 0 Å². The molecule has 0 bridgehead atoms. The zero-order chi connectivity index (χ0) is 11.5. The molecule has 0 N–H and O–H groups in total. The molecule has 0 atom stereocenters. The van der Waals surface area contributed by atoms with Gasteiger partial charge in [-0.2, -0.15) is 4.39 Å². The summed E-state index contributed by atoms with van der Waals surface area (Å²) in [4.78, 5) is 10.7. The van der Waals surface area contributed by atoms with Gasteiger partial charge < -0.3 is 0 Å². The molecule has 0 radical (unpaired) electrons. The third-order valence-corrected chi connectivity index (χ3v) is 4.82. The summed E-state index contributed by atoms with van der Waals surface area (Å²) in [5.41, 5.74) is 0. The Morgan fingerprint density at radius 2 is 1.31 bits per heavy atom. The Morgan fingerprint density at radius 1 is 0.875 bits per heavy atom. The van der Waals surface area contributed by atoms with E-state index in [0.717, 1.165) is 43.4 Å². The fourth-order valence-corrected chi connectivity index (χ4v) is 3.57. The van der Waals surface area contributed by atoms with Crippen LogP contribution in [0.25, 0.3) is 0 Å². The van der Waals surface area contributed by atoms with Crippen molar-refractivity contribution in [3.63, 3.8) is 0 Å². The van der Waals surface area contributed by atoms with Crippen LogP contribution in [0.3, 0.4) is 0 Å². The van der Waals surface area contributed by atoms with Crippen LogP contribution in [0.1, 0.15) is 58.3 Å². The molecule has 2 aliphatic rings. The Labute approximate surface area is 97.8 Å². The Balaban J connectivity index is 1.78. The summed E-state index contributed by atoms with van der Waals surface area (Å²) in [6.07, 6.45) is 9.22. The molecule has 0 heterocycles. The van der Waals surface area contributed by atoms with Gasteiger partial charge in [0, 0.05) is 5.92 Å². The molecule has 2 fully saturated rings. The molecule has 16 heavy (non-hydrogen) atoms. The fraction of sp³-hybridized carbons (Fsp3) is 0.929. The van der Waals surface area contributed by atoms with Crippen LogP contribution in [0.15, 0.2) is 0 Å². The van der Waals surface area contributed by atoms with Crippen molar-refractivity contribution >= 4 is 6.04 Å². The average Bonchev–Trinajstić information content (AvgIpc) is 2.30. The lowest BCUT2D eigenvalue weighted by Crippen LogP contribution is -2.26. The van der Waals surface area contributed by atoms with Crippen LogP contribution in [0.5, 0.6) is 0 Å². The number of carbonyl (C=O) groups excluding carboxylic acids is 1. The predicted molar refractivity (Wildman–Crippen MR) is 62.7 cm³/mol. The normalized spacial score (nSPS) is 40.6. The maximum Gasteiger partial charge on any atom is 0.304 e. The maximum absolute atomic E-state index is 12.6. The summed E-state index contributed by atoms with van der Waals surface area (Å²) in [5.74, 6) is 2.29. The van der Waals surface area contributed by atoms with Crippen molar-refractivity contribution in [2.24, 2.45) is 23.7 Å². The van der Waals surface area contributed by atoms with Crippen LogP contribution < -0.4 is 0 Å². The highest BCUT2D eigenvalue weighted by atomic mass is 19.1. The van der Waals surface area contributed by atoms with Crippen LogP contribution in [-0.4, -0.2) is 6.04 Å². The summed E-state index contributed by atoms with van der Waals surface area (Å²) in [6.45, 7) is 2.34. The van der Waals surface area contributed by atoms with Crippen molar-refractivity contribution in [3.8, 4) is 0 Å². The van der Waals surface area contributed by atoms with Gasteiger partial charge in [0.2, 0.25) is 0 Å². The number of rotatable bonds is 2. The highest BCUT2D eigenvalue weighted by Crippen LogP contribution is 2.41. The molecule has 0 unspecified atom stereocenters. The average molecular weight is 226 g/mol. The summed E-state index contributed by atoms with van der Waals surface area (Å²) in [7, 11) is 0. The Morgan fingerprint density at radius 3 is 1.75 bits per heavy atom. The van der Waals surface area contributed by atoms with Gasteiger partial charge in [0.15, 0.2) is 0 Å². The second-order valence-corrected chi connectivity index (χ2v) is 5.94. The molecular formula is C14H23FO. The first-order valence-electron chi connectivity index (χ1n) is 6.86. The summed E-state index contributed by atoms with van der Waals surface area (Å²) >= 11 is 0. The molecule has 0 aromatic rings. The summed E-state index contributed by atoms with van der Waals surface area (Å²) < 4.78 is 12.6. The highest BCUT2D eigenvalue weighted by Gasteiger charge is 2.32. The van der Waals surface area contributed by atoms with Gasteiger partial charge in [0.25, 0.3) is 0 Å². The van der Waals surface area contributed by atoms with Crippen LogP contribution >= 0.6 is 0 Å². The van der Waals surface area contributed by atoms with Crippen LogP contribution in [-0.2, 0) is 4.79 Å². The Kier molecular flexibility index (Phi) is 3.99. The molecule has 2 rings (SSSR count). The van der Waals surface area contributed by atoms with E-state index in [4.69, 9.17) is 0 Å². The lowest BCUT2D eigenvalue weighted by molar-refractivity contribution is -0.135. The molecule has 0 spiro atoms. The maximum atomic E-state index is 12.6. The van der Waals surface area contributed by atoms with Crippen molar-refractivity contribution in [2.45, 2.75) is 58.3 Å². The fourth-order valence-electron chi connectivity index (χ4n) is 3.57. The first kappa shape index (κ1) is 12.1. The molecule has 0 amide bonds. The summed E-state index contributed by atoms with van der Waals surface area (Å²) in [6, 6.07) is -1.07. The molecule has 0 aromatic heterocycles. The highest BCUT2D eigenvalue weighted by molar-refractivity contribution is 5.70. The van der Waals surface area contributed by atoms with E-state index < -0.39 is 6.04 Å². The van der Waals surface area contributed by atoms with Crippen molar-refractivity contribution in [1.82, 2.24) is 0 Å². The molecule has 1 nitrogen and oxygen atoms in total. The van der Waals surface area contributed by atoms with Gasteiger partial charge in [-0.1, -0.05) is 19.8 Å². The smallest absolute Gasteiger partial charge is 0.261 e. The Hall–Kier alpha value is -0.400. The second-order valence-electron chi connectivity index (χ2n) is 5.94. The third-order valence-electron chi connectivity index (χ3n) is 4.82. The molecule has 2 saturated carbocycles. The van der Waals surface area contributed by atoms with E-state index in [0.29, 0.717) is 0 Å². The first-order valence-corrected chi connectivity index (χ1v) is 6.86. The van der Waals surface area contributed by atoms with Gasteiger partial charge in [-0.25, -0.2) is 0 Å². The molecule has 0 saturated heterocycles. The van der Waals surface area contributed by atoms with Crippen molar-refractivity contribution in [3.05, 3.63) is 0 Å². The van der Waals surface area contributed by atoms with Crippen molar-refractivity contribution < 1.29 is 9.18 Å². The van der Waals surface area contributed by atoms with Gasteiger partial charge in [-0.3, -0.25) is 4.79 Å². The van der Waals surface area contributed by atoms with E-state index in [9.17, 15) is 9.18 Å². The van der Waals surface area contributed by atoms with Gasteiger partial charge >= 0.3 is 6.04 Å². The molecule has 2 heteroatoms. The van der Waals surface area contributed by atoms with Gasteiger partial charge in [-0.05, 0) is 56.3 Å². The number of halogens is 1. The standard InChI is InChI=1S/C14H23FO/c1-10-2-4-11(5-3-10)12-6-8-13(9-7-12)14(15)16/h10-13H,2-9H2,1H3. The van der Waals surface area contributed by atoms with E-state index in [1.165, 1.54) is 25.7 Å². The predicted octanol–water partition coefficient (Wildman–Crippen LogP) is 4.12. The van der Waals surface area contributed by atoms with Crippen molar-refractivity contribution in [2.75, 3.05) is 0 Å². The summed E-state index contributed by atoms with van der Waals surface area (Å²) in [5, 5.41) is 0. The minimum absolute atomic E-state index is 0.265. The van der Waals surface area contributed by atoms with Crippen LogP contribution in [0.4, 0.5) is 4.39 Å². The van der Waals surface area contributed by atoms with Gasteiger partial charge in [0.05, 0.1) is 0 Å². The molecule has 2 aliphatic carbocycles. The Bertz CT molecular complexity index is 235. The molecule has 92 valence electrons. The minimum Gasteiger partial charge on any atom is -0.261 e. The van der Waals surface area contributed by atoms with Crippen LogP contribution in [0.2, 0.25) is 0 Å². The first-order chi connectivity index (χ1) is 7.66. The topological polar surface area (TPSA) is 17.1 Å². The van der Waals surface area contributed by atoms with Gasteiger partial charge in [0.1, 0.15) is 0 Å². The van der Waals surface area contributed by atoms with Crippen molar-refractivity contribution in [1.29, 1.82) is 0 Å². The molecule has 0 aliphatic heterocycles. The zero-order valence-corrected chi connectivity index (χ0v) is 10.3. The second kappa shape index (κ2) is 5.29. The quantitative estimate of drug-likeness (QED) is 0.647. The van der Waals surface area contributed by atoms with E-state index in [-0.39, 0.29) is 5.92 Å². The molecule has 0 aromatic carbocycles. The lowest BCUT2D eigenvalue weighted by Gasteiger charge is -2.36. The number of hydrogen-bond acceptors (Lipinski definition) is 1. The third kappa shape index (κ3) is 2.83. The van der Waals surface area contributed by atoms with E-state index in [2.05, 4.69) is 6.92 Å². The van der Waals surface area contributed by atoms with E-state index >= 15 is 0 Å². The van der Waals surface area contributed by atoms with E-state index in [1.807, 2.05) is 0 Å². The number of carbonyl (C=O) groups is 1. The monoisotopic (exact) mass is 226 g/mol. The largest absolute Gasteiger partial charge is 0.304 e. The van der Waals surface area contributed by atoms with Crippen LogP contribution in [0, 0.1) is 23.7 Å². The minimum atomic E-state index is -1.07. The lowest BCUT2D eigenvalue weighted by atomic mass is 9.69. The zero-order valence-electron chi connectivity index (χ0n) is 10.3. The molecular weight excluding hydrogens is 203 g/mol. The SMILES string of the molecule is CC1CCC(C2CCC(C(=O)F)CC2)CC1. The number of hydrogen-bond donors (Lipinski definition) is 0. The van der Waals surface area contributed by atoms with Gasteiger partial charge in [-0.15, -0.1) is 0 Å².